The molecule has 3 heterocycles. The van der Waals surface area contributed by atoms with Crippen LogP contribution >= 0.6 is 11.3 Å². The lowest BCUT2D eigenvalue weighted by atomic mass is 10.0. The third-order valence-electron chi connectivity index (χ3n) is 4.03. The first-order chi connectivity index (χ1) is 10.6. The number of carbonyl (C=O) groups is 1. The Morgan fingerprint density at radius 1 is 1.59 bits per heavy atom. The number of nitrogens with two attached hydrogens (primary N) is 1. The van der Waals surface area contributed by atoms with Crippen molar-refractivity contribution in [2.24, 2.45) is 7.05 Å². The number of anilines is 1. The summed E-state index contributed by atoms with van der Waals surface area (Å²) in [4.78, 5) is 19.5. The summed E-state index contributed by atoms with van der Waals surface area (Å²) in [6, 6.07) is 2.17. The van der Waals surface area contributed by atoms with Crippen LogP contribution in [0.5, 0.6) is 0 Å². The molecule has 0 radical (unpaired) electrons. The van der Waals surface area contributed by atoms with Gasteiger partial charge < -0.3 is 15.2 Å². The van der Waals surface area contributed by atoms with Crippen molar-refractivity contribution in [3.05, 3.63) is 34.2 Å². The number of fused-ring (bicyclic) bond motifs is 1. The predicted molar refractivity (Wildman–Crippen MR) is 84.1 cm³/mol. The van der Waals surface area contributed by atoms with E-state index in [1.807, 2.05) is 22.7 Å². The van der Waals surface area contributed by atoms with Gasteiger partial charge in [0.2, 0.25) is 5.91 Å². The minimum Gasteiger partial charge on any atom is -0.389 e. The fourth-order valence-corrected chi connectivity index (χ4v) is 3.86. The van der Waals surface area contributed by atoms with Crippen LogP contribution in [0.15, 0.2) is 12.4 Å². The van der Waals surface area contributed by atoms with Crippen molar-refractivity contribution in [2.45, 2.75) is 25.8 Å². The van der Waals surface area contributed by atoms with Gasteiger partial charge in [0.1, 0.15) is 16.9 Å². The van der Waals surface area contributed by atoms with Gasteiger partial charge in [-0.3, -0.25) is 4.79 Å². The molecule has 0 aromatic carbocycles. The zero-order valence-corrected chi connectivity index (χ0v) is 13.2. The molecule has 0 spiro atoms. The first-order valence-electron chi connectivity index (χ1n) is 7.14. The van der Waals surface area contributed by atoms with Gasteiger partial charge in [0.25, 0.3) is 0 Å². The zero-order chi connectivity index (χ0) is 15.7. The molecule has 114 valence electrons. The largest absolute Gasteiger partial charge is 0.389 e. The Balaban J connectivity index is 1.66. The standard InChI is InChI=1S/C15H17N5OS/c1-19-7-5-18-13(19)2-3-14(21)20-6-4-10-11(8-16)15(17)22-12(10)9-20/h5,7H,2-4,6,9,17H2,1H3. The number of aromatic nitrogens is 2. The van der Waals surface area contributed by atoms with E-state index >= 15 is 0 Å². The number of hydrogen-bond donors (Lipinski definition) is 1. The lowest BCUT2D eigenvalue weighted by Crippen LogP contribution is -2.35. The molecule has 2 aromatic heterocycles. The third kappa shape index (κ3) is 2.57. The maximum absolute atomic E-state index is 12.4. The molecule has 1 aliphatic rings. The van der Waals surface area contributed by atoms with Gasteiger partial charge in [-0.25, -0.2) is 4.98 Å². The van der Waals surface area contributed by atoms with Crippen molar-refractivity contribution >= 4 is 22.2 Å². The van der Waals surface area contributed by atoms with Crippen LogP contribution in [-0.4, -0.2) is 26.9 Å². The van der Waals surface area contributed by atoms with Gasteiger partial charge in [-0.1, -0.05) is 0 Å². The second kappa shape index (κ2) is 5.81. The first-order valence-corrected chi connectivity index (χ1v) is 7.96. The molecule has 2 aromatic rings. The van der Waals surface area contributed by atoms with Crippen molar-refractivity contribution in [3.63, 3.8) is 0 Å². The highest BCUT2D eigenvalue weighted by atomic mass is 32.1. The summed E-state index contributed by atoms with van der Waals surface area (Å²) in [5, 5.41) is 9.71. The highest BCUT2D eigenvalue weighted by molar-refractivity contribution is 7.16. The molecule has 3 rings (SSSR count). The van der Waals surface area contributed by atoms with Gasteiger partial charge in [0.05, 0.1) is 12.1 Å². The van der Waals surface area contributed by atoms with Gasteiger partial charge in [-0.15, -0.1) is 11.3 Å². The van der Waals surface area contributed by atoms with Gasteiger partial charge in [-0.2, -0.15) is 5.26 Å². The van der Waals surface area contributed by atoms with Crippen molar-refractivity contribution < 1.29 is 4.79 Å². The maximum Gasteiger partial charge on any atom is 0.223 e. The second-order valence-corrected chi connectivity index (χ2v) is 6.51. The summed E-state index contributed by atoms with van der Waals surface area (Å²) in [6.07, 6.45) is 5.42. The molecule has 22 heavy (non-hydrogen) atoms. The molecule has 2 N–H and O–H groups in total. The molecule has 1 aliphatic heterocycles. The second-order valence-electron chi connectivity index (χ2n) is 5.37. The number of thiophene rings is 1. The molecule has 0 unspecified atom stereocenters. The molecule has 0 fully saturated rings. The zero-order valence-electron chi connectivity index (χ0n) is 12.4. The minimum absolute atomic E-state index is 0.124. The molecule has 0 atom stereocenters. The molecule has 1 amide bonds. The summed E-state index contributed by atoms with van der Waals surface area (Å²) >= 11 is 1.43. The van der Waals surface area contributed by atoms with Gasteiger partial charge in [0, 0.05) is 43.7 Å². The molecular weight excluding hydrogens is 298 g/mol. The first kappa shape index (κ1) is 14.6. The summed E-state index contributed by atoms with van der Waals surface area (Å²) in [6.45, 7) is 1.21. The predicted octanol–water partition coefficient (Wildman–Crippen LogP) is 1.45. The monoisotopic (exact) mass is 315 g/mol. The quantitative estimate of drug-likeness (QED) is 0.928. The van der Waals surface area contributed by atoms with Crippen LogP contribution in [-0.2, 0) is 31.2 Å². The Morgan fingerprint density at radius 2 is 2.41 bits per heavy atom. The average Bonchev–Trinajstić information content (AvgIpc) is 3.05. The molecule has 0 saturated carbocycles. The smallest absolute Gasteiger partial charge is 0.223 e. The van der Waals surface area contributed by atoms with Crippen molar-refractivity contribution in [1.82, 2.24) is 14.5 Å². The van der Waals surface area contributed by atoms with E-state index in [2.05, 4.69) is 11.1 Å². The average molecular weight is 315 g/mol. The number of nitriles is 1. The highest BCUT2D eigenvalue weighted by Crippen LogP contribution is 2.34. The molecule has 7 heteroatoms. The van der Waals surface area contributed by atoms with E-state index in [0.717, 1.165) is 16.3 Å². The number of hydrogen-bond acceptors (Lipinski definition) is 5. The van der Waals surface area contributed by atoms with E-state index in [1.165, 1.54) is 11.3 Å². The molecule has 6 nitrogen and oxygen atoms in total. The van der Waals surface area contributed by atoms with E-state index in [9.17, 15) is 4.79 Å². The van der Waals surface area contributed by atoms with Crippen LogP contribution in [0.4, 0.5) is 5.00 Å². The van der Waals surface area contributed by atoms with E-state index in [4.69, 9.17) is 11.0 Å². The Labute approximate surface area is 132 Å². The van der Waals surface area contributed by atoms with E-state index in [0.29, 0.717) is 42.9 Å². The number of nitrogens with zero attached hydrogens (tertiary/aromatic N) is 4. The summed E-state index contributed by atoms with van der Waals surface area (Å²) in [7, 11) is 1.93. The number of aryl methyl sites for hydroxylation is 2. The van der Waals surface area contributed by atoms with Crippen LogP contribution in [0.1, 0.15) is 28.2 Å². The van der Waals surface area contributed by atoms with Gasteiger partial charge >= 0.3 is 0 Å². The molecule has 0 bridgehead atoms. The number of imidazole rings is 1. The van der Waals surface area contributed by atoms with Gasteiger partial charge in [-0.05, 0) is 12.0 Å². The minimum atomic E-state index is 0.124. The Morgan fingerprint density at radius 3 is 3.09 bits per heavy atom. The van der Waals surface area contributed by atoms with Crippen LogP contribution < -0.4 is 5.73 Å². The number of amides is 1. The topological polar surface area (TPSA) is 87.9 Å². The summed E-state index contributed by atoms with van der Waals surface area (Å²) < 4.78 is 1.93. The number of carbonyl (C=O) groups excluding carboxylic acids is 1. The summed E-state index contributed by atoms with van der Waals surface area (Å²) in [5.74, 6) is 1.04. The van der Waals surface area contributed by atoms with Gasteiger partial charge in [0.15, 0.2) is 0 Å². The van der Waals surface area contributed by atoms with E-state index < -0.39 is 0 Å². The number of rotatable bonds is 3. The third-order valence-corrected chi connectivity index (χ3v) is 5.08. The summed E-state index contributed by atoms with van der Waals surface area (Å²) in [5.41, 5.74) is 7.50. The van der Waals surface area contributed by atoms with Crippen LogP contribution in [0.3, 0.4) is 0 Å². The molecule has 0 saturated heterocycles. The molecular formula is C15H17N5OS. The highest BCUT2D eigenvalue weighted by Gasteiger charge is 2.26. The Hall–Kier alpha value is -2.33. The van der Waals surface area contributed by atoms with Crippen LogP contribution in [0.2, 0.25) is 0 Å². The SMILES string of the molecule is Cn1ccnc1CCC(=O)N1CCc2c(sc(N)c2C#N)C1. The van der Waals surface area contributed by atoms with Crippen molar-refractivity contribution in [1.29, 1.82) is 5.26 Å². The van der Waals surface area contributed by atoms with Crippen molar-refractivity contribution in [2.75, 3.05) is 12.3 Å². The normalized spacial score (nSPS) is 13.7. The lowest BCUT2D eigenvalue weighted by Gasteiger charge is -2.27. The number of nitrogen functional groups attached to an aromatic ring is 1. The Kier molecular flexibility index (Phi) is 3.86. The fourth-order valence-electron chi connectivity index (χ4n) is 2.77. The van der Waals surface area contributed by atoms with Crippen LogP contribution in [0, 0.1) is 11.3 Å². The van der Waals surface area contributed by atoms with E-state index in [-0.39, 0.29) is 5.91 Å². The van der Waals surface area contributed by atoms with E-state index in [1.54, 1.807) is 6.20 Å². The lowest BCUT2D eigenvalue weighted by molar-refractivity contribution is -0.132. The van der Waals surface area contributed by atoms with Crippen LogP contribution in [0.25, 0.3) is 0 Å². The molecule has 0 aliphatic carbocycles. The Bertz CT molecular complexity index is 755. The fraction of sp³-hybridized carbons (Fsp3) is 0.400. The maximum atomic E-state index is 12.4. The van der Waals surface area contributed by atoms with Crippen molar-refractivity contribution in [3.8, 4) is 6.07 Å².